The highest BCUT2D eigenvalue weighted by Gasteiger charge is 2.40. The Morgan fingerprint density at radius 2 is 1.91 bits per heavy atom. The molecule has 114 valence electrons. The lowest BCUT2D eigenvalue weighted by Crippen LogP contribution is -2.41. The summed E-state index contributed by atoms with van der Waals surface area (Å²) < 4.78 is 0. The zero-order valence-electron chi connectivity index (χ0n) is 12.7. The van der Waals surface area contributed by atoms with Crippen molar-refractivity contribution in [3.63, 3.8) is 0 Å². The van der Waals surface area contributed by atoms with Crippen molar-refractivity contribution in [1.82, 2.24) is 10.6 Å². The maximum atomic E-state index is 11.6. The minimum Gasteiger partial charge on any atom is -0.317 e. The van der Waals surface area contributed by atoms with Crippen molar-refractivity contribution in [2.24, 2.45) is 0 Å². The Balaban J connectivity index is 1.56. The largest absolute Gasteiger partial charge is 0.317 e. The third kappa shape index (κ3) is 2.55. The molecule has 2 fully saturated rings. The molecule has 0 aromatic heterocycles. The molecule has 0 spiro atoms. The van der Waals surface area contributed by atoms with Gasteiger partial charge in [0.05, 0.1) is 0 Å². The minimum atomic E-state index is 0.500. The second-order valence-electron chi connectivity index (χ2n) is 6.55. The van der Waals surface area contributed by atoms with Crippen LogP contribution in [0.15, 0.2) is 36.4 Å². The van der Waals surface area contributed by atoms with E-state index in [9.17, 15) is 4.79 Å². The number of piperidine rings is 1. The van der Waals surface area contributed by atoms with Gasteiger partial charge in [-0.3, -0.25) is 4.79 Å². The van der Waals surface area contributed by atoms with E-state index < -0.39 is 0 Å². The summed E-state index contributed by atoms with van der Waals surface area (Å²) >= 11 is 0. The molecule has 1 aliphatic carbocycles. The Hall–Kier alpha value is -1.71. The summed E-state index contributed by atoms with van der Waals surface area (Å²) in [5.41, 5.74) is 2.11. The number of carbonyl (C=O) groups is 1. The van der Waals surface area contributed by atoms with Gasteiger partial charge in [-0.1, -0.05) is 36.4 Å². The minimum absolute atomic E-state index is 0.500. The number of aldehydes is 1. The van der Waals surface area contributed by atoms with Crippen molar-refractivity contribution >= 4 is 17.1 Å². The molecule has 1 saturated heterocycles. The van der Waals surface area contributed by atoms with Crippen LogP contribution >= 0.6 is 0 Å². The van der Waals surface area contributed by atoms with Crippen LogP contribution in [0.25, 0.3) is 10.8 Å². The molecule has 1 aliphatic heterocycles. The van der Waals surface area contributed by atoms with E-state index in [0.29, 0.717) is 18.0 Å². The van der Waals surface area contributed by atoms with Crippen molar-refractivity contribution in [3.8, 4) is 0 Å². The smallest absolute Gasteiger partial charge is 0.150 e. The summed E-state index contributed by atoms with van der Waals surface area (Å²) in [6.07, 6.45) is 4.61. The van der Waals surface area contributed by atoms with Crippen molar-refractivity contribution in [2.45, 2.75) is 37.3 Å². The first-order chi connectivity index (χ1) is 10.9. The number of hydrogen-bond donors (Lipinski definition) is 2. The monoisotopic (exact) mass is 294 g/mol. The SMILES string of the molecule is O=Cc1c([C@@H]2C[C@H]2NC2CCNCC2)ccc2ccccc12. The van der Waals surface area contributed by atoms with E-state index >= 15 is 0 Å². The van der Waals surface area contributed by atoms with Crippen molar-refractivity contribution in [1.29, 1.82) is 0 Å². The van der Waals surface area contributed by atoms with Gasteiger partial charge in [0.2, 0.25) is 0 Å². The van der Waals surface area contributed by atoms with Crippen LogP contribution in [-0.4, -0.2) is 31.5 Å². The molecule has 4 rings (SSSR count). The molecule has 2 aromatic rings. The molecule has 22 heavy (non-hydrogen) atoms. The van der Waals surface area contributed by atoms with Gasteiger partial charge >= 0.3 is 0 Å². The predicted molar refractivity (Wildman–Crippen MR) is 89.5 cm³/mol. The molecule has 0 amide bonds. The van der Waals surface area contributed by atoms with E-state index in [4.69, 9.17) is 0 Å². The van der Waals surface area contributed by atoms with Crippen LogP contribution in [0.5, 0.6) is 0 Å². The van der Waals surface area contributed by atoms with Crippen molar-refractivity contribution in [2.75, 3.05) is 13.1 Å². The third-order valence-electron chi connectivity index (χ3n) is 5.10. The number of fused-ring (bicyclic) bond motifs is 1. The summed E-state index contributed by atoms with van der Waals surface area (Å²) in [6, 6.07) is 13.6. The quantitative estimate of drug-likeness (QED) is 0.852. The number of rotatable bonds is 4. The second kappa shape index (κ2) is 5.82. The molecule has 1 saturated carbocycles. The summed E-state index contributed by atoms with van der Waals surface area (Å²) in [4.78, 5) is 11.6. The van der Waals surface area contributed by atoms with Crippen LogP contribution < -0.4 is 10.6 Å². The average Bonchev–Trinajstić information content (AvgIpc) is 3.33. The molecule has 2 atom stereocenters. The number of hydrogen-bond acceptors (Lipinski definition) is 3. The number of nitrogens with one attached hydrogen (secondary N) is 2. The molecule has 2 N–H and O–H groups in total. The van der Waals surface area contributed by atoms with Gasteiger partial charge in [0.1, 0.15) is 0 Å². The Bertz CT molecular complexity index is 691. The van der Waals surface area contributed by atoms with Crippen LogP contribution in [0.1, 0.15) is 41.1 Å². The van der Waals surface area contributed by atoms with E-state index in [0.717, 1.165) is 42.1 Å². The molecular weight excluding hydrogens is 272 g/mol. The zero-order valence-corrected chi connectivity index (χ0v) is 12.7. The summed E-state index contributed by atoms with van der Waals surface area (Å²) in [5.74, 6) is 0.500. The summed E-state index contributed by atoms with van der Waals surface area (Å²) in [5, 5.41) is 9.42. The first-order valence-corrected chi connectivity index (χ1v) is 8.30. The lowest BCUT2D eigenvalue weighted by Gasteiger charge is -2.24. The van der Waals surface area contributed by atoms with Crippen LogP contribution in [0.2, 0.25) is 0 Å². The van der Waals surface area contributed by atoms with Gasteiger partial charge in [-0.2, -0.15) is 0 Å². The average molecular weight is 294 g/mol. The fraction of sp³-hybridized carbons (Fsp3) is 0.421. The van der Waals surface area contributed by atoms with Crippen LogP contribution in [-0.2, 0) is 0 Å². The molecule has 3 heteroatoms. The Labute approximate surface area is 131 Å². The molecule has 0 unspecified atom stereocenters. The molecule has 2 aliphatic rings. The highest BCUT2D eigenvalue weighted by molar-refractivity contribution is 5.99. The van der Waals surface area contributed by atoms with E-state index in [1.54, 1.807) is 0 Å². The highest BCUT2D eigenvalue weighted by atomic mass is 16.1. The third-order valence-corrected chi connectivity index (χ3v) is 5.10. The maximum absolute atomic E-state index is 11.6. The fourth-order valence-electron chi connectivity index (χ4n) is 3.78. The van der Waals surface area contributed by atoms with E-state index in [1.807, 2.05) is 12.1 Å². The van der Waals surface area contributed by atoms with Crippen molar-refractivity contribution < 1.29 is 4.79 Å². The number of carbonyl (C=O) groups excluding carboxylic acids is 1. The summed E-state index contributed by atoms with van der Waals surface area (Å²) in [6.45, 7) is 2.23. The zero-order chi connectivity index (χ0) is 14.9. The molecular formula is C19H22N2O. The van der Waals surface area contributed by atoms with Crippen LogP contribution in [0.3, 0.4) is 0 Å². The van der Waals surface area contributed by atoms with Gasteiger partial charge in [0.15, 0.2) is 6.29 Å². The Kier molecular flexibility index (Phi) is 3.68. The van der Waals surface area contributed by atoms with E-state index in [2.05, 4.69) is 34.9 Å². The predicted octanol–water partition coefficient (Wildman–Crippen LogP) is 2.85. The lowest BCUT2D eigenvalue weighted by molar-refractivity contribution is 0.112. The van der Waals surface area contributed by atoms with Gasteiger partial charge in [-0.25, -0.2) is 0 Å². The molecule has 0 bridgehead atoms. The molecule has 2 aromatic carbocycles. The van der Waals surface area contributed by atoms with Crippen molar-refractivity contribution in [3.05, 3.63) is 47.5 Å². The van der Waals surface area contributed by atoms with Gasteiger partial charge in [0.25, 0.3) is 0 Å². The Morgan fingerprint density at radius 3 is 2.73 bits per heavy atom. The van der Waals surface area contributed by atoms with Gasteiger partial charge in [-0.05, 0) is 48.7 Å². The molecule has 3 nitrogen and oxygen atoms in total. The normalized spacial score (nSPS) is 25.3. The number of benzene rings is 2. The van der Waals surface area contributed by atoms with Crippen LogP contribution in [0, 0.1) is 0 Å². The van der Waals surface area contributed by atoms with Gasteiger partial charge in [0, 0.05) is 23.6 Å². The highest BCUT2D eigenvalue weighted by Crippen LogP contribution is 2.44. The first kappa shape index (κ1) is 13.9. The topological polar surface area (TPSA) is 41.1 Å². The van der Waals surface area contributed by atoms with Gasteiger partial charge in [-0.15, -0.1) is 0 Å². The second-order valence-corrected chi connectivity index (χ2v) is 6.55. The fourth-order valence-corrected chi connectivity index (χ4v) is 3.78. The van der Waals surface area contributed by atoms with Gasteiger partial charge < -0.3 is 10.6 Å². The Morgan fingerprint density at radius 1 is 1.09 bits per heavy atom. The first-order valence-electron chi connectivity index (χ1n) is 8.30. The van der Waals surface area contributed by atoms with Crippen LogP contribution in [0.4, 0.5) is 0 Å². The maximum Gasteiger partial charge on any atom is 0.150 e. The molecule has 0 radical (unpaired) electrons. The van der Waals surface area contributed by atoms with E-state index in [1.165, 1.54) is 18.4 Å². The summed E-state index contributed by atoms with van der Waals surface area (Å²) in [7, 11) is 0. The lowest BCUT2D eigenvalue weighted by atomic mass is 9.96. The van der Waals surface area contributed by atoms with E-state index in [-0.39, 0.29) is 0 Å². The standard InChI is InChI=1S/C19H22N2O/c22-12-18-15-4-2-1-3-13(15)5-6-16(18)17-11-19(17)21-14-7-9-20-10-8-14/h1-6,12,14,17,19-21H,7-11H2/t17-,19+/m0/s1. The molecule has 1 heterocycles.